The van der Waals surface area contributed by atoms with Gasteiger partial charge in [-0.3, -0.25) is 0 Å². The van der Waals surface area contributed by atoms with Crippen LogP contribution in [0.15, 0.2) is 78.9 Å². The Bertz CT molecular complexity index is 888. The Kier molecular flexibility index (Phi) is 8.32. The van der Waals surface area contributed by atoms with Crippen LogP contribution in [0.5, 0.6) is 11.5 Å². The number of benzene rings is 3. The van der Waals surface area contributed by atoms with Gasteiger partial charge in [0, 0.05) is 13.0 Å². The fourth-order valence-electron chi connectivity index (χ4n) is 4.08. The average Bonchev–Trinajstić information content (AvgIpc) is 2.87. The summed E-state index contributed by atoms with van der Waals surface area (Å²) in [4.78, 5) is 0. The monoisotopic (exact) mass is 434 g/mol. The molecule has 3 rings (SSSR count). The van der Waals surface area contributed by atoms with Gasteiger partial charge in [0.25, 0.3) is 0 Å². The van der Waals surface area contributed by atoms with E-state index >= 15 is 0 Å². The van der Waals surface area contributed by atoms with Crippen LogP contribution in [-0.4, -0.2) is 34.0 Å². The summed E-state index contributed by atoms with van der Waals surface area (Å²) in [7, 11) is 5.11. The van der Waals surface area contributed by atoms with Crippen LogP contribution in [0.25, 0.3) is 0 Å². The molecule has 2 atom stereocenters. The first kappa shape index (κ1) is 23.8. The topological polar surface area (TPSA) is 36.9 Å². The van der Waals surface area contributed by atoms with E-state index in [1.807, 2.05) is 30.3 Å². The highest BCUT2D eigenvalue weighted by Gasteiger charge is 2.38. The van der Waals surface area contributed by atoms with E-state index in [-0.39, 0.29) is 12.0 Å². The first-order valence-electron chi connectivity index (χ1n) is 11.1. The van der Waals surface area contributed by atoms with Crippen LogP contribution in [0.4, 0.5) is 0 Å². The molecule has 3 aromatic rings. The Hall–Kier alpha value is -2.82. The van der Waals surface area contributed by atoms with Gasteiger partial charge in [0.2, 0.25) is 0 Å². The average molecular weight is 435 g/mol. The van der Waals surface area contributed by atoms with E-state index in [1.54, 1.807) is 21.3 Å². The van der Waals surface area contributed by atoms with Crippen molar-refractivity contribution in [2.45, 2.75) is 32.0 Å². The lowest BCUT2D eigenvalue weighted by Gasteiger charge is -2.38. The molecule has 4 heteroatoms. The highest BCUT2D eigenvalue weighted by atomic mass is 16.5. The second kappa shape index (κ2) is 11.2. The molecule has 4 nitrogen and oxygen atoms in total. The summed E-state index contributed by atoms with van der Waals surface area (Å²) >= 11 is 0. The fourth-order valence-corrected chi connectivity index (χ4v) is 4.08. The minimum absolute atomic E-state index is 0.0974. The third-order valence-electron chi connectivity index (χ3n) is 6.25. The summed E-state index contributed by atoms with van der Waals surface area (Å²) in [5, 5.41) is 0. The lowest BCUT2D eigenvalue weighted by molar-refractivity contribution is -0.0444. The molecule has 0 amide bonds. The highest BCUT2D eigenvalue weighted by molar-refractivity contribution is 5.49. The third kappa shape index (κ3) is 4.98. The minimum atomic E-state index is -0.791. The maximum Gasteiger partial charge on any atom is 0.143 e. The van der Waals surface area contributed by atoms with Crippen molar-refractivity contribution in [3.8, 4) is 11.5 Å². The van der Waals surface area contributed by atoms with Gasteiger partial charge in [0.15, 0.2) is 0 Å². The Morgan fingerprint density at radius 1 is 0.688 bits per heavy atom. The van der Waals surface area contributed by atoms with Crippen molar-refractivity contribution in [3.63, 3.8) is 0 Å². The maximum absolute atomic E-state index is 6.95. The number of methoxy groups -OCH3 is 3. The normalized spacial score (nSPS) is 13.4. The lowest BCUT2D eigenvalue weighted by Crippen LogP contribution is -2.36. The molecular formula is C28H34O4. The number of ether oxygens (including phenoxy) is 4. The van der Waals surface area contributed by atoms with Crippen molar-refractivity contribution in [2.24, 2.45) is 5.92 Å². The molecule has 32 heavy (non-hydrogen) atoms. The molecular weight excluding hydrogens is 400 g/mol. The molecule has 0 aliphatic carbocycles. The smallest absolute Gasteiger partial charge is 0.143 e. The predicted octanol–water partition coefficient (Wildman–Crippen LogP) is 6.07. The van der Waals surface area contributed by atoms with Crippen molar-refractivity contribution >= 4 is 0 Å². The zero-order valence-corrected chi connectivity index (χ0v) is 19.7. The third-order valence-corrected chi connectivity index (χ3v) is 6.25. The molecule has 0 saturated heterocycles. The van der Waals surface area contributed by atoms with E-state index in [1.165, 1.54) is 0 Å². The lowest BCUT2D eigenvalue weighted by atomic mass is 9.79. The van der Waals surface area contributed by atoms with Gasteiger partial charge in [-0.25, -0.2) is 0 Å². The summed E-state index contributed by atoms with van der Waals surface area (Å²) in [6, 6.07) is 26.6. The van der Waals surface area contributed by atoms with Gasteiger partial charge in [-0.15, -0.1) is 0 Å². The Balaban J connectivity index is 2.18. The molecule has 0 N–H and O–H groups in total. The summed E-state index contributed by atoms with van der Waals surface area (Å²) in [5.74, 6) is 1.88. The van der Waals surface area contributed by atoms with Crippen LogP contribution in [0.3, 0.4) is 0 Å². The first-order chi connectivity index (χ1) is 15.6. The van der Waals surface area contributed by atoms with Crippen molar-refractivity contribution in [3.05, 3.63) is 95.6 Å². The van der Waals surface area contributed by atoms with E-state index < -0.39 is 5.60 Å². The second-order valence-electron chi connectivity index (χ2n) is 7.92. The van der Waals surface area contributed by atoms with E-state index in [0.717, 1.165) is 34.6 Å². The second-order valence-corrected chi connectivity index (χ2v) is 7.92. The van der Waals surface area contributed by atoms with Crippen molar-refractivity contribution < 1.29 is 18.9 Å². The number of hydrogen-bond acceptors (Lipinski definition) is 4. The maximum atomic E-state index is 6.95. The first-order valence-corrected chi connectivity index (χ1v) is 11.1. The fraction of sp³-hybridized carbons (Fsp3) is 0.357. The van der Waals surface area contributed by atoms with E-state index in [0.29, 0.717) is 6.61 Å². The molecule has 0 bridgehead atoms. The summed E-state index contributed by atoms with van der Waals surface area (Å²) in [6.07, 6.45) is 1.06. The van der Waals surface area contributed by atoms with Gasteiger partial charge >= 0.3 is 0 Å². The molecule has 0 saturated carbocycles. The van der Waals surface area contributed by atoms with Crippen molar-refractivity contribution in [1.29, 1.82) is 0 Å². The van der Waals surface area contributed by atoms with E-state index in [4.69, 9.17) is 18.9 Å². The summed E-state index contributed by atoms with van der Waals surface area (Å²) < 4.78 is 23.4. The Labute approximate surface area is 192 Å². The van der Waals surface area contributed by atoms with Gasteiger partial charge in [-0.2, -0.15) is 0 Å². The van der Waals surface area contributed by atoms with Crippen LogP contribution in [0, 0.1) is 5.92 Å². The highest BCUT2D eigenvalue weighted by Crippen LogP contribution is 2.42. The zero-order valence-electron chi connectivity index (χ0n) is 19.7. The van der Waals surface area contributed by atoms with Gasteiger partial charge in [0.1, 0.15) is 17.1 Å². The predicted molar refractivity (Wildman–Crippen MR) is 129 cm³/mol. The SMILES string of the molecule is CCC(COC(c1ccccc1)(c1ccc(OC)cc1)c1ccc(OC)cc1)C(C)OC. The molecule has 0 aromatic heterocycles. The molecule has 0 spiro atoms. The van der Waals surface area contributed by atoms with Crippen LogP contribution < -0.4 is 9.47 Å². The molecule has 170 valence electrons. The molecule has 0 fully saturated rings. The molecule has 0 radical (unpaired) electrons. The van der Waals surface area contributed by atoms with Crippen LogP contribution in [0.1, 0.15) is 37.0 Å². The summed E-state index contributed by atoms with van der Waals surface area (Å²) in [5.41, 5.74) is 2.35. The molecule has 3 aromatic carbocycles. The largest absolute Gasteiger partial charge is 0.497 e. The van der Waals surface area contributed by atoms with Crippen molar-refractivity contribution in [2.75, 3.05) is 27.9 Å². The summed E-state index contributed by atoms with van der Waals surface area (Å²) in [6.45, 7) is 4.83. The Morgan fingerprint density at radius 2 is 1.16 bits per heavy atom. The molecule has 0 heterocycles. The van der Waals surface area contributed by atoms with Crippen molar-refractivity contribution in [1.82, 2.24) is 0 Å². The van der Waals surface area contributed by atoms with E-state index in [2.05, 4.69) is 62.4 Å². The van der Waals surface area contributed by atoms with Crippen LogP contribution >= 0.6 is 0 Å². The molecule has 2 unspecified atom stereocenters. The number of rotatable bonds is 11. The zero-order chi connectivity index (χ0) is 23.0. The Morgan fingerprint density at radius 3 is 1.56 bits per heavy atom. The minimum Gasteiger partial charge on any atom is -0.497 e. The molecule has 0 aliphatic heterocycles. The number of hydrogen-bond donors (Lipinski definition) is 0. The molecule has 0 aliphatic rings. The standard InChI is InChI=1S/C28H34O4/c1-6-22(21(2)29-3)20-32-28(23-10-8-7-9-11-23,24-12-16-26(30-4)17-13-24)25-14-18-27(31-5)19-15-25/h7-19,21-22H,6,20H2,1-5H3. The van der Waals surface area contributed by atoms with Gasteiger partial charge in [-0.1, -0.05) is 61.5 Å². The van der Waals surface area contributed by atoms with Gasteiger partial charge in [-0.05, 0) is 54.3 Å². The van der Waals surface area contributed by atoms with Crippen LogP contribution in [0.2, 0.25) is 0 Å². The van der Waals surface area contributed by atoms with Gasteiger partial charge < -0.3 is 18.9 Å². The van der Waals surface area contributed by atoms with Gasteiger partial charge in [0.05, 0.1) is 26.9 Å². The van der Waals surface area contributed by atoms with E-state index in [9.17, 15) is 0 Å². The quantitative estimate of drug-likeness (QED) is 0.343. The van der Waals surface area contributed by atoms with Crippen LogP contribution in [-0.2, 0) is 15.1 Å².